The van der Waals surface area contributed by atoms with Crippen LogP contribution >= 0.6 is 0 Å². The molecular formula is C6H12O6S3. The average molecular weight is 276 g/mol. The van der Waals surface area contributed by atoms with Crippen LogP contribution in [-0.2, 0) is 29.5 Å². The molecule has 15 heavy (non-hydrogen) atoms. The van der Waals surface area contributed by atoms with Crippen molar-refractivity contribution in [2.24, 2.45) is 0 Å². The highest BCUT2D eigenvalue weighted by Crippen LogP contribution is 2.04. The Morgan fingerprint density at radius 1 is 0.400 bits per heavy atom. The van der Waals surface area contributed by atoms with Crippen LogP contribution in [0.5, 0.6) is 0 Å². The molecule has 0 spiro atoms. The van der Waals surface area contributed by atoms with E-state index in [9.17, 15) is 25.3 Å². The molecule has 1 aliphatic heterocycles. The number of hydrogen-bond acceptors (Lipinski definition) is 6. The summed E-state index contributed by atoms with van der Waals surface area (Å²) in [5.74, 6) is -2.89. The van der Waals surface area contributed by atoms with Gasteiger partial charge in [-0.25, -0.2) is 25.3 Å². The molecule has 90 valence electrons. The van der Waals surface area contributed by atoms with Crippen molar-refractivity contribution >= 4 is 29.5 Å². The molecule has 1 fully saturated rings. The van der Waals surface area contributed by atoms with Gasteiger partial charge < -0.3 is 0 Å². The van der Waals surface area contributed by atoms with Gasteiger partial charge in [-0.05, 0) is 0 Å². The van der Waals surface area contributed by atoms with Gasteiger partial charge >= 0.3 is 0 Å². The first-order chi connectivity index (χ1) is 6.62. The highest BCUT2D eigenvalue weighted by atomic mass is 32.2. The lowest BCUT2D eigenvalue weighted by atomic mass is 10.9. The van der Waals surface area contributed by atoms with E-state index in [1.54, 1.807) is 0 Å². The van der Waals surface area contributed by atoms with E-state index in [-0.39, 0.29) is 0 Å². The highest BCUT2D eigenvalue weighted by molar-refractivity contribution is 7.98. The molecule has 1 saturated heterocycles. The van der Waals surface area contributed by atoms with E-state index in [1.807, 2.05) is 0 Å². The van der Waals surface area contributed by atoms with Crippen molar-refractivity contribution in [1.29, 1.82) is 0 Å². The standard InChI is InChI=1S/C6H12O6S3/c7-13(8)1-2-14(9,10)5-6-15(11,12)4-3-13/h1-6H2. The van der Waals surface area contributed by atoms with Gasteiger partial charge in [0.1, 0.15) is 0 Å². The third kappa shape index (κ3) is 4.47. The fourth-order valence-electron chi connectivity index (χ4n) is 1.07. The zero-order valence-electron chi connectivity index (χ0n) is 7.92. The van der Waals surface area contributed by atoms with Crippen LogP contribution in [0.3, 0.4) is 0 Å². The summed E-state index contributed by atoms with van der Waals surface area (Å²) in [6.07, 6.45) is 0. The van der Waals surface area contributed by atoms with Crippen LogP contribution in [0.15, 0.2) is 0 Å². The second kappa shape index (κ2) is 4.02. The molecule has 0 amide bonds. The summed E-state index contributed by atoms with van der Waals surface area (Å²) in [5.41, 5.74) is 0. The van der Waals surface area contributed by atoms with E-state index in [2.05, 4.69) is 0 Å². The van der Waals surface area contributed by atoms with Crippen molar-refractivity contribution in [1.82, 2.24) is 0 Å². The van der Waals surface area contributed by atoms with Gasteiger partial charge in [-0.2, -0.15) is 0 Å². The Labute approximate surface area is 89.4 Å². The number of hydrogen-bond donors (Lipinski definition) is 0. The van der Waals surface area contributed by atoms with Gasteiger partial charge in [0.15, 0.2) is 29.5 Å². The van der Waals surface area contributed by atoms with Gasteiger partial charge in [-0.3, -0.25) is 0 Å². The normalized spacial score (nSPS) is 29.6. The molecule has 1 heterocycles. The number of rotatable bonds is 0. The van der Waals surface area contributed by atoms with Gasteiger partial charge in [0, 0.05) is 0 Å². The first-order valence-electron chi connectivity index (χ1n) is 4.23. The van der Waals surface area contributed by atoms with Crippen LogP contribution in [0.2, 0.25) is 0 Å². The van der Waals surface area contributed by atoms with E-state index in [0.29, 0.717) is 0 Å². The Hall–Kier alpha value is -0.150. The summed E-state index contributed by atoms with van der Waals surface area (Å²) in [6, 6.07) is 0. The van der Waals surface area contributed by atoms with Gasteiger partial charge in [-0.1, -0.05) is 0 Å². The third-order valence-corrected chi connectivity index (χ3v) is 7.85. The Morgan fingerprint density at radius 2 is 0.533 bits per heavy atom. The molecule has 1 rings (SSSR count). The van der Waals surface area contributed by atoms with Crippen molar-refractivity contribution in [2.75, 3.05) is 34.5 Å². The van der Waals surface area contributed by atoms with Gasteiger partial charge in [0.25, 0.3) is 0 Å². The lowest BCUT2D eigenvalue weighted by Gasteiger charge is -1.99. The molecular weight excluding hydrogens is 264 g/mol. The molecule has 0 aromatic carbocycles. The zero-order chi connectivity index (χ0) is 11.7. The summed E-state index contributed by atoms with van der Waals surface area (Å²) < 4.78 is 67.3. The SMILES string of the molecule is O=S1(=O)CCS(=O)(=O)CCS(=O)(=O)CC1. The average Bonchev–Trinajstić information content (AvgIpc) is 2.12. The quantitative estimate of drug-likeness (QED) is 0.519. The lowest BCUT2D eigenvalue weighted by molar-refractivity contribution is 0.589. The number of sulfone groups is 3. The molecule has 0 aromatic rings. The summed E-state index contributed by atoms with van der Waals surface area (Å²) >= 11 is 0. The second-order valence-corrected chi connectivity index (χ2v) is 10.4. The Bertz CT molecular complexity index is 413. The molecule has 0 atom stereocenters. The van der Waals surface area contributed by atoms with E-state index in [4.69, 9.17) is 0 Å². The Morgan fingerprint density at radius 3 is 0.667 bits per heavy atom. The summed E-state index contributed by atoms with van der Waals surface area (Å²) in [7, 11) is -10.7. The molecule has 0 N–H and O–H groups in total. The fourth-order valence-corrected chi connectivity index (χ4v) is 7.77. The molecule has 0 unspecified atom stereocenters. The van der Waals surface area contributed by atoms with Gasteiger partial charge in [-0.15, -0.1) is 0 Å². The zero-order valence-corrected chi connectivity index (χ0v) is 10.4. The van der Waals surface area contributed by atoms with Crippen molar-refractivity contribution in [3.8, 4) is 0 Å². The first-order valence-corrected chi connectivity index (χ1v) is 9.70. The van der Waals surface area contributed by atoms with Crippen molar-refractivity contribution in [3.63, 3.8) is 0 Å². The van der Waals surface area contributed by atoms with Crippen molar-refractivity contribution in [3.05, 3.63) is 0 Å². The van der Waals surface area contributed by atoms with E-state index in [1.165, 1.54) is 0 Å². The van der Waals surface area contributed by atoms with Crippen molar-refractivity contribution in [2.45, 2.75) is 0 Å². The minimum absolute atomic E-state index is 0.481. The minimum Gasteiger partial charge on any atom is -0.229 e. The predicted molar refractivity (Wildman–Crippen MR) is 56.0 cm³/mol. The molecule has 6 nitrogen and oxygen atoms in total. The maximum atomic E-state index is 11.2. The van der Waals surface area contributed by atoms with E-state index in [0.717, 1.165) is 0 Å². The molecule has 0 aromatic heterocycles. The molecule has 0 aliphatic carbocycles. The Kier molecular flexibility index (Phi) is 3.46. The van der Waals surface area contributed by atoms with Crippen LogP contribution in [0.4, 0.5) is 0 Å². The van der Waals surface area contributed by atoms with Gasteiger partial charge in [0.2, 0.25) is 0 Å². The molecule has 0 bridgehead atoms. The second-order valence-electron chi connectivity index (χ2n) is 3.46. The smallest absolute Gasteiger partial charge is 0.152 e. The Balaban J connectivity index is 3.04. The van der Waals surface area contributed by atoms with Crippen molar-refractivity contribution < 1.29 is 25.3 Å². The third-order valence-electron chi connectivity index (χ3n) is 2.12. The molecule has 9 heteroatoms. The van der Waals surface area contributed by atoms with E-state index < -0.39 is 64.0 Å². The summed E-state index contributed by atoms with van der Waals surface area (Å²) in [4.78, 5) is 0. The van der Waals surface area contributed by atoms with Gasteiger partial charge in [0.05, 0.1) is 34.5 Å². The summed E-state index contributed by atoms with van der Waals surface area (Å²) in [6.45, 7) is 0. The predicted octanol–water partition coefficient (Wildman–Crippen LogP) is -1.76. The monoisotopic (exact) mass is 276 g/mol. The van der Waals surface area contributed by atoms with E-state index >= 15 is 0 Å². The van der Waals surface area contributed by atoms with Crippen LogP contribution in [0.25, 0.3) is 0 Å². The highest BCUT2D eigenvalue weighted by Gasteiger charge is 2.26. The van der Waals surface area contributed by atoms with Crippen LogP contribution in [0.1, 0.15) is 0 Å². The lowest BCUT2D eigenvalue weighted by Crippen LogP contribution is -2.20. The molecule has 0 radical (unpaired) electrons. The first kappa shape index (κ1) is 12.9. The topological polar surface area (TPSA) is 102 Å². The minimum atomic E-state index is -3.57. The fraction of sp³-hybridized carbons (Fsp3) is 1.00. The van der Waals surface area contributed by atoms with Crippen LogP contribution in [0, 0.1) is 0 Å². The van der Waals surface area contributed by atoms with Crippen LogP contribution in [-0.4, -0.2) is 59.8 Å². The van der Waals surface area contributed by atoms with Crippen LogP contribution < -0.4 is 0 Å². The molecule has 0 saturated carbocycles. The largest absolute Gasteiger partial charge is 0.229 e. The summed E-state index contributed by atoms with van der Waals surface area (Å²) in [5, 5.41) is 0. The maximum Gasteiger partial charge on any atom is 0.152 e. The molecule has 1 aliphatic rings. The maximum absolute atomic E-state index is 11.2.